The number of alkyl carbamates (subject to hydrolysis) is 1. The van der Waals surface area contributed by atoms with Gasteiger partial charge in [-0.15, -0.1) is 0 Å². The lowest BCUT2D eigenvalue weighted by Crippen LogP contribution is -2.62. The van der Waals surface area contributed by atoms with Crippen LogP contribution in [0, 0.1) is 0 Å². The molecule has 336 valence electrons. The van der Waals surface area contributed by atoms with Crippen LogP contribution in [0.25, 0.3) is 11.1 Å². The van der Waals surface area contributed by atoms with Gasteiger partial charge in [-0.05, 0) is 97.1 Å². The van der Waals surface area contributed by atoms with E-state index in [0.29, 0.717) is 5.56 Å². The van der Waals surface area contributed by atoms with Gasteiger partial charge in [-0.2, -0.15) is 0 Å². The summed E-state index contributed by atoms with van der Waals surface area (Å²) in [6.07, 6.45) is -2.51. The van der Waals surface area contributed by atoms with Crippen LogP contribution in [0.3, 0.4) is 0 Å². The van der Waals surface area contributed by atoms with Crippen molar-refractivity contribution in [2.45, 2.75) is 135 Å². The average molecular weight is 859 g/mol. The number of nitrogens with one attached hydrogen (secondary N) is 4. The van der Waals surface area contributed by atoms with Crippen LogP contribution < -0.4 is 21.3 Å². The Morgan fingerprint density at radius 1 is 0.629 bits per heavy atom. The normalized spacial score (nSPS) is 15.1. The number of carboxylic acids is 1. The number of carbonyl (C=O) groups excluding carboxylic acids is 5. The summed E-state index contributed by atoms with van der Waals surface area (Å²) in [4.78, 5) is 80.7. The Bertz CT molecular complexity index is 2010. The van der Waals surface area contributed by atoms with E-state index in [9.17, 15) is 33.9 Å². The number of aliphatic carboxylic acids is 1. The van der Waals surface area contributed by atoms with E-state index in [0.717, 1.165) is 22.3 Å². The van der Waals surface area contributed by atoms with Gasteiger partial charge in [-0.25, -0.2) is 9.59 Å². The molecule has 3 aromatic carbocycles. The van der Waals surface area contributed by atoms with Crippen molar-refractivity contribution in [1.82, 2.24) is 21.3 Å². The monoisotopic (exact) mass is 858 g/mol. The summed E-state index contributed by atoms with van der Waals surface area (Å²) < 4.78 is 23.0. The Labute approximate surface area is 364 Å². The molecule has 0 saturated carbocycles. The molecule has 0 spiro atoms. The van der Waals surface area contributed by atoms with Crippen molar-refractivity contribution in [3.8, 4) is 11.1 Å². The van der Waals surface area contributed by atoms with Gasteiger partial charge in [0.2, 0.25) is 17.7 Å². The summed E-state index contributed by atoms with van der Waals surface area (Å²) in [6, 6.07) is 18.9. The van der Waals surface area contributed by atoms with Gasteiger partial charge in [-0.1, -0.05) is 78.9 Å². The van der Waals surface area contributed by atoms with E-state index in [1.807, 2.05) is 54.6 Å². The van der Waals surface area contributed by atoms with Crippen molar-refractivity contribution >= 4 is 35.8 Å². The van der Waals surface area contributed by atoms with Gasteiger partial charge in [0.25, 0.3) is 0 Å². The number of rotatable bonds is 18. The number of fused-ring (bicyclic) bond motifs is 3. The SMILES string of the molecule is C[C@@H](OC(C)(C)C)[C@H](NC(=O)[C@H](Cc1ccccc1)NC(=O)OCC1c2ccccc2-c2ccccc21)C(=O)N[C@@H](COC(C)(C)C)C(=O)N[C@@H](CC(=O)OC(C)(C)C)C(=O)O. The highest BCUT2D eigenvalue weighted by Crippen LogP contribution is 2.44. The predicted molar refractivity (Wildman–Crippen MR) is 232 cm³/mol. The number of carbonyl (C=O) groups is 6. The van der Waals surface area contributed by atoms with E-state index in [2.05, 4.69) is 21.3 Å². The second kappa shape index (κ2) is 20.8. The molecule has 0 unspecified atom stereocenters. The highest BCUT2D eigenvalue weighted by atomic mass is 16.6. The maximum absolute atomic E-state index is 14.3. The molecule has 1 aliphatic rings. The summed E-state index contributed by atoms with van der Waals surface area (Å²) in [5, 5.41) is 20.3. The van der Waals surface area contributed by atoms with Crippen LogP contribution >= 0.6 is 0 Å². The van der Waals surface area contributed by atoms with Crippen molar-refractivity contribution in [3.63, 3.8) is 0 Å². The highest BCUT2D eigenvalue weighted by Gasteiger charge is 2.37. The fourth-order valence-electron chi connectivity index (χ4n) is 6.92. The van der Waals surface area contributed by atoms with Crippen LogP contribution in [-0.4, -0.2) is 101 Å². The topological polar surface area (TPSA) is 208 Å². The van der Waals surface area contributed by atoms with Crippen LogP contribution in [0.2, 0.25) is 0 Å². The Morgan fingerprint density at radius 3 is 1.69 bits per heavy atom. The fourth-order valence-corrected chi connectivity index (χ4v) is 6.92. The third-order valence-corrected chi connectivity index (χ3v) is 9.55. The first-order chi connectivity index (χ1) is 28.9. The smallest absolute Gasteiger partial charge is 0.407 e. The lowest BCUT2D eigenvalue weighted by molar-refractivity contribution is -0.158. The van der Waals surface area contributed by atoms with Crippen molar-refractivity contribution in [2.24, 2.45) is 0 Å². The molecular formula is C47H62N4O11. The van der Waals surface area contributed by atoms with Gasteiger partial charge >= 0.3 is 18.0 Å². The molecule has 0 heterocycles. The van der Waals surface area contributed by atoms with Gasteiger partial charge in [-0.3, -0.25) is 19.2 Å². The van der Waals surface area contributed by atoms with E-state index < -0.39 is 95.9 Å². The Balaban J connectivity index is 1.57. The minimum absolute atomic E-state index is 0.00161. The first kappa shape index (κ1) is 48.9. The molecular weight excluding hydrogens is 797 g/mol. The third kappa shape index (κ3) is 15.0. The van der Waals surface area contributed by atoms with Crippen LogP contribution in [0.15, 0.2) is 78.9 Å². The Morgan fingerprint density at radius 2 is 1.16 bits per heavy atom. The number of carboxylic acid groups (broad SMARTS) is 1. The van der Waals surface area contributed by atoms with Crippen molar-refractivity contribution in [3.05, 3.63) is 95.6 Å². The average Bonchev–Trinajstić information content (AvgIpc) is 3.48. The molecule has 0 fully saturated rings. The summed E-state index contributed by atoms with van der Waals surface area (Å²) in [5.41, 5.74) is 2.36. The molecule has 62 heavy (non-hydrogen) atoms. The second-order valence-corrected chi connectivity index (χ2v) is 18.3. The number of esters is 1. The molecule has 4 rings (SSSR count). The van der Waals surface area contributed by atoms with Gasteiger partial charge in [0.15, 0.2) is 0 Å². The molecule has 15 heteroatoms. The van der Waals surface area contributed by atoms with Crippen LogP contribution in [0.1, 0.15) is 98.3 Å². The lowest BCUT2D eigenvalue weighted by Gasteiger charge is -2.33. The largest absolute Gasteiger partial charge is 0.480 e. The zero-order valence-electron chi connectivity index (χ0n) is 37.3. The number of benzene rings is 3. The Hall–Kier alpha value is -5.80. The van der Waals surface area contributed by atoms with E-state index in [1.165, 1.54) is 0 Å². The van der Waals surface area contributed by atoms with Crippen molar-refractivity contribution in [1.29, 1.82) is 0 Å². The van der Waals surface area contributed by atoms with E-state index in [1.54, 1.807) is 93.5 Å². The highest BCUT2D eigenvalue weighted by molar-refractivity contribution is 5.95. The zero-order chi connectivity index (χ0) is 46.0. The van der Waals surface area contributed by atoms with Gasteiger partial charge in [0, 0.05) is 12.3 Å². The molecule has 5 atom stereocenters. The molecule has 0 radical (unpaired) electrons. The summed E-state index contributed by atoms with van der Waals surface area (Å²) >= 11 is 0. The van der Waals surface area contributed by atoms with E-state index in [4.69, 9.17) is 18.9 Å². The van der Waals surface area contributed by atoms with Crippen LogP contribution in [0.5, 0.6) is 0 Å². The van der Waals surface area contributed by atoms with Crippen LogP contribution in [-0.2, 0) is 49.3 Å². The number of hydrogen-bond acceptors (Lipinski definition) is 10. The second-order valence-electron chi connectivity index (χ2n) is 18.3. The molecule has 15 nitrogen and oxygen atoms in total. The van der Waals surface area contributed by atoms with Gasteiger partial charge < -0.3 is 45.3 Å². The van der Waals surface area contributed by atoms with Gasteiger partial charge in [0.1, 0.15) is 36.4 Å². The number of amides is 4. The third-order valence-electron chi connectivity index (χ3n) is 9.55. The van der Waals surface area contributed by atoms with Crippen molar-refractivity contribution < 1.29 is 52.8 Å². The first-order valence-electron chi connectivity index (χ1n) is 20.7. The van der Waals surface area contributed by atoms with Crippen molar-refractivity contribution in [2.75, 3.05) is 13.2 Å². The molecule has 3 aromatic rings. The molecule has 5 N–H and O–H groups in total. The lowest BCUT2D eigenvalue weighted by atomic mass is 9.98. The molecule has 1 aliphatic carbocycles. The fraction of sp³-hybridized carbons (Fsp3) is 0.489. The van der Waals surface area contributed by atoms with E-state index >= 15 is 0 Å². The predicted octanol–water partition coefficient (Wildman–Crippen LogP) is 5.43. The summed E-state index contributed by atoms with van der Waals surface area (Å²) in [7, 11) is 0. The number of ether oxygens (including phenoxy) is 4. The molecule has 0 aromatic heterocycles. The maximum atomic E-state index is 14.3. The Kier molecular flexibility index (Phi) is 16.4. The minimum atomic E-state index is -1.70. The van der Waals surface area contributed by atoms with Gasteiger partial charge in [0.05, 0.1) is 30.3 Å². The standard InChI is InChI=1S/C47H62N4O11/c1-28(61-46(5,6)7)39(42(55)49-37(27-60-45(2,3)4)41(54)48-36(43(56)57)25-38(52)62-47(8,9)10)51-40(53)35(24-29-18-12-11-13-19-29)50-44(58)59-26-34-32-22-16-14-20-30(32)31-21-15-17-23-33(31)34/h11-23,28,34-37,39H,24-27H2,1-10H3,(H,48,54)(H,49,55)(H,50,58)(H,51,53)(H,56,57)/t28-,35+,36+,37+,39+/m1/s1. The molecule has 0 aliphatic heterocycles. The molecule has 0 saturated heterocycles. The molecule has 0 bridgehead atoms. The quantitative estimate of drug-likeness (QED) is 0.102. The minimum Gasteiger partial charge on any atom is -0.480 e. The van der Waals surface area contributed by atoms with E-state index in [-0.39, 0.29) is 18.9 Å². The summed E-state index contributed by atoms with van der Waals surface area (Å²) in [6.45, 7) is 16.5. The maximum Gasteiger partial charge on any atom is 0.407 e. The zero-order valence-corrected chi connectivity index (χ0v) is 37.3. The first-order valence-corrected chi connectivity index (χ1v) is 20.7. The van der Waals surface area contributed by atoms with Crippen LogP contribution in [0.4, 0.5) is 4.79 Å². The number of hydrogen-bond donors (Lipinski definition) is 5. The summed E-state index contributed by atoms with van der Waals surface area (Å²) in [5.74, 6) is -5.17. The molecule has 4 amide bonds.